The number of nitrogens with zero attached hydrogens (tertiary/aromatic N) is 2. The molecule has 0 spiro atoms. The van der Waals surface area contributed by atoms with E-state index in [9.17, 15) is 4.79 Å². The largest absolute Gasteiger partial charge is 0.304 e. The average Bonchev–Trinajstić information content (AvgIpc) is 3.09. The summed E-state index contributed by atoms with van der Waals surface area (Å²) in [5.41, 5.74) is 3.59. The smallest absolute Gasteiger partial charge is 0.256 e. The van der Waals surface area contributed by atoms with E-state index in [0.717, 1.165) is 16.7 Å². The van der Waals surface area contributed by atoms with Gasteiger partial charge in [0.25, 0.3) is 5.91 Å². The van der Waals surface area contributed by atoms with Crippen molar-refractivity contribution in [2.45, 2.75) is 6.54 Å². The van der Waals surface area contributed by atoms with Crippen molar-refractivity contribution in [3.05, 3.63) is 105 Å². The van der Waals surface area contributed by atoms with Gasteiger partial charge in [-0.25, -0.2) is 0 Å². The Morgan fingerprint density at radius 2 is 1.67 bits per heavy atom. The molecule has 0 aliphatic rings. The van der Waals surface area contributed by atoms with E-state index in [2.05, 4.69) is 26.3 Å². The van der Waals surface area contributed by atoms with Crippen LogP contribution in [0.1, 0.15) is 15.9 Å². The van der Waals surface area contributed by atoms with Gasteiger partial charge in [-0.15, -0.1) is 0 Å². The second-order valence-corrected chi connectivity index (χ2v) is 8.35. The van der Waals surface area contributed by atoms with Gasteiger partial charge in [0.1, 0.15) is 0 Å². The number of hydrogen-bond donors (Lipinski definition) is 1. The van der Waals surface area contributed by atoms with Gasteiger partial charge in [0, 0.05) is 21.8 Å². The highest BCUT2D eigenvalue weighted by molar-refractivity contribution is 9.10. The van der Waals surface area contributed by atoms with E-state index in [-0.39, 0.29) is 5.91 Å². The number of rotatable bonds is 5. The first-order chi connectivity index (χ1) is 14.5. The summed E-state index contributed by atoms with van der Waals surface area (Å²) in [4.78, 5) is 12.7. The van der Waals surface area contributed by atoms with Crippen molar-refractivity contribution >= 4 is 50.9 Å². The molecule has 0 atom stereocenters. The minimum Gasteiger partial charge on any atom is -0.304 e. The lowest BCUT2D eigenvalue weighted by Crippen LogP contribution is -2.13. The summed E-state index contributed by atoms with van der Waals surface area (Å²) in [5.74, 6) is 0.210. The number of nitrogens with one attached hydrogen (secondary N) is 1. The molecule has 7 heteroatoms. The summed E-state index contributed by atoms with van der Waals surface area (Å²) < 4.78 is 2.38. The molecule has 0 aliphatic carbocycles. The van der Waals surface area contributed by atoms with Crippen LogP contribution in [0.2, 0.25) is 10.0 Å². The Kier molecular flexibility index (Phi) is 6.23. The molecule has 4 rings (SSSR count). The van der Waals surface area contributed by atoms with Gasteiger partial charge in [-0.3, -0.25) is 9.48 Å². The Bertz CT molecular complexity index is 1190. The molecule has 150 valence electrons. The predicted octanol–water partition coefficient (Wildman–Crippen LogP) is 6.92. The molecule has 1 heterocycles. The van der Waals surface area contributed by atoms with Crippen molar-refractivity contribution in [3.8, 4) is 11.1 Å². The van der Waals surface area contributed by atoms with Crippen LogP contribution in [0.5, 0.6) is 0 Å². The molecule has 1 amide bonds. The molecule has 4 nitrogen and oxygen atoms in total. The highest BCUT2D eigenvalue weighted by atomic mass is 79.9. The fourth-order valence-electron chi connectivity index (χ4n) is 3.01. The maximum Gasteiger partial charge on any atom is 0.256 e. The van der Waals surface area contributed by atoms with Crippen LogP contribution in [-0.2, 0) is 6.54 Å². The first-order valence-electron chi connectivity index (χ1n) is 9.13. The number of anilines is 1. The quantitative estimate of drug-likeness (QED) is 0.323. The third kappa shape index (κ3) is 4.75. The van der Waals surface area contributed by atoms with Crippen molar-refractivity contribution < 1.29 is 4.79 Å². The first-order valence-corrected chi connectivity index (χ1v) is 10.7. The van der Waals surface area contributed by atoms with E-state index in [1.807, 2.05) is 48.5 Å². The van der Waals surface area contributed by atoms with Gasteiger partial charge in [-0.2, -0.15) is 5.10 Å². The van der Waals surface area contributed by atoms with E-state index < -0.39 is 0 Å². The lowest BCUT2D eigenvalue weighted by atomic mass is 10.0. The summed E-state index contributed by atoms with van der Waals surface area (Å²) in [5, 5.41) is 8.44. The first kappa shape index (κ1) is 20.7. The fraction of sp³-hybridized carbons (Fsp3) is 0.0435. The Hall–Kier alpha value is -2.60. The lowest BCUT2D eigenvalue weighted by molar-refractivity contribution is 0.102. The number of carbonyl (C=O) groups excluding carboxylic acids is 1. The normalized spacial score (nSPS) is 10.8. The highest BCUT2D eigenvalue weighted by Crippen LogP contribution is 2.25. The molecule has 0 fully saturated rings. The maximum atomic E-state index is 12.7. The lowest BCUT2D eigenvalue weighted by Gasteiger charge is -2.06. The van der Waals surface area contributed by atoms with Crippen molar-refractivity contribution in [3.63, 3.8) is 0 Å². The zero-order valence-corrected chi connectivity index (χ0v) is 18.7. The standard InChI is InChI=1S/C23H16BrCl2N3O/c24-20-14-29(13-18-10-11-19(25)12-21(18)26)28-22(20)27-23(30)17-8-6-16(7-9-17)15-4-2-1-3-5-15/h1-12,14H,13H2,(H,27,28,30). The Morgan fingerprint density at radius 3 is 2.37 bits per heavy atom. The van der Waals surface area contributed by atoms with Gasteiger partial charge in [0.05, 0.1) is 11.0 Å². The zero-order chi connectivity index (χ0) is 21.1. The van der Waals surface area contributed by atoms with Crippen molar-refractivity contribution in [1.29, 1.82) is 0 Å². The van der Waals surface area contributed by atoms with Gasteiger partial charge in [0.15, 0.2) is 5.82 Å². The van der Waals surface area contributed by atoms with E-state index >= 15 is 0 Å². The van der Waals surface area contributed by atoms with E-state index in [1.54, 1.807) is 35.1 Å². The molecule has 0 saturated carbocycles. The Labute approximate surface area is 192 Å². The van der Waals surface area contributed by atoms with Gasteiger partial charge >= 0.3 is 0 Å². The topological polar surface area (TPSA) is 46.9 Å². The molecule has 0 bridgehead atoms. The summed E-state index contributed by atoms with van der Waals surface area (Å²) in [6.45, 7) is 0.455. The molecular formula is C23H16BrCl2N3O. The van der Waals surface area contributed by atoms with Crippen molar-refractivity contribution in [2.75, 3.05) is 5.32 Å². The molecule has 0 saturated heterocycles. The number of benzene rings is 3. The Morgan fingerprint density at radius 1 is 0.967 bits per heavy atom. The van der Waals surface area contributed by atoms with Crippen LogP contribution in [0.25, 0.3) is 11.1 Å². The second-order valence-electron chi connectivity index (χ2n) is 6.66. The summed E-state index contributed by atoms with van der Waals surface area (Å²) in [6, 6.07) is 22.8. The van der Waals surface area contributed by atoms with Crippen LogP contribution >= 0.6 is 39.1 Å². The minimum atomic E-state index is -0.231. The summed E-state index contributed by atoms with van der Waals surface area (Å²) >= 11 is 15.6. The maximum absolute atomic E-state index is 12.7. The molecule has 1 aromatic heterocycles. The zero-order valence-electron chi connectivity index (χ0n) is 15.6. The van der Waals surface area contributed by atoms with Gasteiger partial charge < -0.3 is 5.32 Å². The molecule has 0 radical (unpaired) electrons. The van der Waals surface area contributed by atoms with Gasteiger partial charge in [0.2, 0.25) is 0 Å². The Balaban J connectivity index is 1.47. The molecular weight excluding hydrogens is 485 g/mol. The number of aromatic nitrogens is 2. The van der Waals surface area contributed by atoms with Crippen LogP contribution in [-0.4, -0.2) is 15.7 Å². The highest BCUT2D eigenvalue weighted by Gasteiger charge is 2.13. The van der Waals surface area contributed by atoms with E-state index in [0.29, 0.717) is 32.4 Å². The monoisotopic (exact) mass is 499 g/mol. The molecule has 1 N–H and O–H groups in total. The SMILES string of the molecule is O=C(Nc1nn(Cc2ccc(Cl)cc2Cl)cc1Br)c1ccc(-c2ccccc2)cc1. The predicted molar refractivity (Wildman–Crippen MR) is 125 cm³/mol. The van der Waals surface area contributed by atoms with Crippen LogP contribution in [0.3, 0.4) is 0 Å². The molecule has 4 aromatic rings. The van der Waals surface area contributed by atoms with Crippen LogP contribution < -0.4 is 5.32 Å². The van der Waals surface area contributed by atoms with Crippen LogP contribution in [0.4, 0.5) is 5.82 Å². The third-order valence-electron chi connectivity index (χ3n) is 4.55. The molecule has 30 heavy (non-hydrogen) atoms. The van der Waals surface area contributed by atoms with Gasteiger partial charge in [-0.05, 0) is 56.9 Å². The minimum absolute atomic E-state index is 0.231. The van der Waals surface area contributed by atoms with Crippen molar-refractivity contribution in [1.82, 2.24) is 9.78 Å². The molecule has 0 aliphatic heterocycles. The van der Waals surface area contributed by atoms with E-state index in [4.69, 9.17) is 23.2 Å². The summed E-state index contributed by atoms with van der Waals surface area (Å²) in [7, 11) is 0. The number of hydrogen-bond acceptors (Lipinski definition) is 2. The number of halogens is 3. The van der Waals surface area contributed by atoms with Gasteiger partial charge in [-0.1, -0.05) is 71.7 Å². The fourth-order valence-corrected chi connectivity index (χ4v) is 3.89. The van der Waals surface area contributed by atoms with Crippen LogP contribution in [0, 0.1) is 0 Å². The molecule has 3 aromatic carbocycles. The third-order valence-corrected chi connectivity index (χ3v) is 5.72. The van der Waals surface area contributed by atoms with Crippen molar-refractivity contribution in [2.24, 2.45) is 0 Å². The van der Waals surface area contributed by atoms with Crippen LogP contribution in [0.15, 0.2) is 83.5 Å². The summed E-state index contributed by atoms with van der Waals surface area (Å²) in [6.07, 6.45) is 1.79. The second kappa shape index (κ2) is 9.04. The average molecular weight is 501 g/mol. The van der Waals surface area contributed by atoms with E-state index in [1.165, 1.54) is 0 Å². The molecule has 0 unspecified atom stereocenters. The number of amides is 1. The number of carbonyl (C=O) groups is 1.